The molecule has 4 bridgehead atoms. The topological polar surface area (TPSA) is 129 Å². The molecule has 10 nitrogen and oxygen atoms in total. The van der Waals surface area contributed by atoms with Gasteiger partial charge in [-0.1, -0.05) is 51.1 Å². The van der Waals surface area contributed by atoms with E-state index in [0.29, 0.717) is 40.0 Å². The third-order valence-electron chi connectivity index (χ3n) is 10.6. The number of amides is 2. The van der Waals surface area contributed by atoms with Gasteiger partial charge in [-0.05, 0) is 91.8 Å². The molecular weight excluding hydrogens is 620 g/mol. The van der Waals surface area contributed by atoms with Crippen molar-refractivity contribution in [1.82, 2.24) is 20.2 Å². The number of carbonyl (C=O) groups is 3. The summed E-state index contributed by atoms with van der Waals surface area (Å²) in [7, 11) is 1.21. The Hall–Kier alpha value is -4.99. The summed E-state index contributed by atoms with van der Waals surface area (Å²) in [5.41, 5.74) is 1.64. The van der Waals surface area contributed by atoms with Crippen LogP contribution < -0.4 is 20.8 Å². The van der Waals surface area contributed by atoms with Crippen LogP contribution in [0, 0.1) is 23.2 Å². The van der Waals surface area contributed by atoms with Crippen LogP contribution in [-0.2, 0) is 16.0 Å². The SMILES string of the molecule is COC(=O)Oc1c(Cc2ccc(C(=O)N[C@@H]3[C@@H]4C[C@@H]5C[C@H]3C[C@](NC(=O)C(C)(C)C)(C5)C4)cc2)c(=O)c2cccnc2n1-c1ccccc1. The maximum absolute atomic E-state index is 13.9. The molecule has 4 saturated carbocycles. The standard InChI is InChI=1S/C39H42N4O6/c1-38(2,3)36(46)42-39-20-24-17-26(21-39)31(27(18-24)22-39)41-34(45)25-14-12-23(13-15-25)19-30-32(44)29-11-8-16-40-33(29)43(28-9-6-5-7-10-28)35(30)49-37(47)48-4/h5-16,24,26-27,31H,17-22H2,1-4H3,(H,41,45)(H,42,46)/t24-,26-,27+,31-,39+. The van der Waals surface area contributed by atoms with Gasteiger partial charge in [0.1, 0.15) is 0 Å². The molecule has 10 heteroatoms. The van der Waals surface area contributed by atoms with Gasteiger partial charge in [0.2, 0.25) is 11.8 Å². The molecule has 254 valence electrons. The smallest absolute Gasteiger partial charge is 0.437 e. The van der Waals surface area contributed by atoms with Crippen molar-refractivity contribution in [2.45, 2.75) is 70.9 Å². The maximum Gasteiger partial charge on any atom is 0.514 e. The normalized spacial score (nSPS) is 24.0. The van der Waals surface area contributed by atoms with Crippen LogP contribution in [-0.4, -0.2) is 46.2 Å². The lowest BCUT2D eigenvalue weighted by atomic mass is 9.51. The highest BCUT2D eigenvalue weighted by molar-refractivity contribution is 5.94. The predicted molar refractivity (Wildman–Crippen MR) is 185 cm³/mol. The number of fused-ring (bicyclic) bond motifs is 1. The number of methoxy groups -OCH3 is 1. The second kappa shape index (κ2) is 12.5. The molecule has 0 unspecified atom stereocenters. The minimum absolute atomic E-state index is 0.0226. The second-order valence-electron chi connectivity index (χ2n) is 15.0. The van der Waals surface area contributed by atoms with Crippen LogP contribution in [0.4, 0.5) is 4.79 Å². The summed E-state index contributed by atoms with van der Waals surface area (Å²) in [4.78, 5) is 57.3. The van der Waals surface area contributed by atoms with Crippen molar-refractivity contribution in [1.29, 1.82) is 0 Å². The van der Waals surface area contributed by atoms with Gasteiger partial charge in [-0.3, -0.25) is 19.0 Å². The molecule has 4 aliphatic carbocycles. The van der Waals surface area contributed by atoms with Gasteiger partial charge in [-0.15, -0.1) is 0 Å². The number of nitrogens with one attached hydrogen (secondary N) is 2. The van der Waals surface area contributed by atoms with Crippen LogP contribution in [0.25, 0.3) is 16.7 Å². The highest BCUT2D eigenvalue weighted by Crippen LogP contribution is 2.56. The van der Waals surface area contributed by atoms with Crippen LogP contribution in [0.5, 0.6) is 5.88 Å². The largest absolute Gasteiger partial charge is 0.514 e. The van der Waals surface area contributed by atoms with E-state index >= 15 is 0 Å². The van der Waals surface area contributed by atoms with Gasteiger partial charge in [0, 0.05) is 35.2 Å². The number of para-hydroxylation sites is 1. The van der Waals surface area contributed by atoms with Crippen molar-refractivity contribution in [3.8, 4) is 11.6 Å². The lowest BCUT2D eigenvalue weighted by molar-refractivity contribution is -0.135. The number of rotatable bonds is 7. The zero-order valence-electron chi connectivity index (χ0n) is 28.3. The number of hydrogen-bond acceptors (Lipinski definition) is 7. The molecule has 2 amide bonds. The van der Waals surface area contributed by atoms with Crippen molar-refractivity contribution >= 4 is 29.0 Å². The van der Waals surface area contributed by atoms with Crippen molar-refractivity contribution in [3.63, 3.8) is 0 Å². The molecule has 0 aliphatic heterocycles. The third kappa shape index (κ3) is 6.20. The van der Waals surface area contributed by atoms with E-state index in [2.05, 4.69) is 15.6 Å². The summed E-state index contributed by atoms with van der Waals surface area (Å²) in [6.07, 6.45) is 5.73. The summed E-state index contributed by atoms with van der Waals surface area (Å²) >= 11 is 0. The number of pyridine rings is 2. The summed E-state index contributed by atoms with van der Waals surface area (Å²) in [6, 6.07) is 19.9. The number of aromatic nitrogens is 2. The van der Waals surface area contributed by atoms with Gasteiger partial charge in [0.25, 0.3) is 5.91 Å². The average Bonchev–Trinajstić information content (AvgIpc) is 3.08. The van der Waals surface area contributed by atoms with Crippen LogP contribution in [0.3, 0.4) is 0 Å². The Morgan fingerprint density at radius 2 is 1.63 bits per heavy atom. The van der Waals surface area contributed by atoms with E-state index in [4.69, 9.17) is 9.47 Å². The van der Waals surface area contributed by atoms with Gasteiger partial charge >= 0.3 is 6.16 Å². The summed E-state index contributed by atoms with van der Waals surface area (Å²) in [5, 5.41) is 7.16. The molecule has 2 aromatic carbocycles. The first-order chi connectivity index (χ1) is 23.4. The Labute approximate surface area is 285 Å². The highest BCUT2D eigenvalue weighted by Gasteiger charge is 2.56. The van der Waals surface area contributed by atoms with Gasteiger partial charge in [0.05, 0.1) is 23.7 Å². The minimum Gasteiger partial charge on any atom is -0.437 e. The summed E-state index contributed by atoms with van der Waals surface area (Å²) in [6.45, 7) is 5.85. The number of hydrogen-bond donors (Lipinski definition) is 2. The van der Waals surface area contributed by atoms with E-state index < -0.39 is 11.6 Å². The van der Waals surface area contributed by atoms with Crippen LogP contribution in [0.15, 0.2) is 77.7 Å². The van der Waals surface area contributed by atoms with E-state index in [1.54, 1.807) is 35.0 Å². The fourth-order valence-corrected chi connectivity index (χ4v) is 8.50. The lowest BCUT2D eigenvalue weighted by Gasteiger charge is -2.60. The Morgan fingerprint density at radius 1 is 0.939 bits per heavy atom. The Balaban J connectivity index is 1.13. The van der Waals surface area contributed by atoms with Crippen molar-refractivity contribution in [2.24, 2.45) is 23.2 Å². The highest BCUT2D eigenvalue weighted by atomic mass is 16.7. The monoisotopic (exact) mass is 662 g/mol. The molecule has 2 aromatic heterocycles. The van der Waals surface area contributed by atoms with Gasteiger partial charge < -0.3 is 20.1 Å². The first-order valence-corrected chi connectivity index (χ1v) is 17.0. The molecule has 2 N–H and O–H groups in total. The molecule has 4 aliphatic rings. The Morgan fingerprint density at radius 3 is 2.29 bits per heavy atom. The molecule has 0 radical (unpaired) electrons. The van der Waals surface area contributed by atoms with E-state index in [1.807, 2.05) is 63.2 Å². The van der Waals surface area contributed by atoms with Crippen molar-refractivity contribution in [2.75, 3.05) is 7.11 Å². The van der Waals surface area contributed by atoms with E-state index in [-0.39, 0.29) is 46.7 Å². The maximum atomic E-state index is 13.9. The predicted octanol–water partition coefficient (Wildman–Crippen LogP) is 5.96. The summed E-state index contributed by atoms with van der Waals surface area (Å²) < 4.78 is 12.1. The average molecular weight is 663 g/mol. The lowest BCUT2D eigenvalue weighted by Crippen LogP contribution is -2.67. The van der Waals surface area contributed by atoms with Crippen LogP contribution in [0.2, 0.25) is 0 Å². The van der Waals surface area contributed by atoms with Gasteiger partial charge in [-0.2, -0.15) is 0 Å². The molecule has 49 heavy (non-hydrogen) atoms. The fraction of sp³-hybridized carbons (Fsp3) is 0.410. The minimum atomic E-state index is -0.958. The molecule has 8 rings (SSSR count). The fourth-order valence-electron chi connectivity index (χ4n) is 8.50. The van der Waals surface area contributed by atoms with Crippen molar-refractivity contribution < 1.29 is 23.9 Å². The second-order valence-corrected chi connectivity index (χ2v) is 15.0. The Bertz CT molecular complexity index is 1970. The van der Waals surface area contributed by atoms with Crippen LogP contribution >= 0.6 is 0 Å². The molecule has 0 saturated heterocycles. The number of ether oxygens (including phenoxy) is 2. The first-order valence-electron chi connectivity index (χ1n) is 17.0. The third-order valence-corrected chi connectivity index (χ3v) is 10.6. The molecule has 2 heterocycles. The molecule has 4 fully saturated rings. The zero-order valence-corrected chi connectivity index (χ0v) is 28.3. The molecular formula is C39H42N4O6. The molecule has 4 aromatic rings. The first kappa shape index (κ1) is 32.6. The van der Waals surface area contributed by atoms with E-state index in [1.165, 1.54) is 7.11 Å². The molecule has 5 atom stereocenters. The Kier molecular flexibility index (Phi) is 8.29. The quantitative estimate of drug-likeness (QED) is 0.234. The number of benzene rings is 2. The van der Waals surface area contributed by atoms with Crippen LogP contribution in [0.1, 0.15) is 74.4 Å². The van der Waals surface area contributed by atoms with E-state index in [0.717, 1.165) is 37.7 Å². The summed E-state index contributed by atoms with van der Waals surface area (Å²) in [5.74, 6) is 1.23. The van der Waals surface area contributed by atoms with E-state index in [9.17, 15) is 19.2 Å². The van der Waals surface area contributed by atoms with Crippen molar-refractivity contribution in [3.05, 3.63) is 99.8 Å². The zero-order chi connectivity index (χ0) is 34.5. The van der Waals surface area contributed by atoms with Gasteiger partial charge in [-0.25, -0.2) is 9.78 Å². The van der Waals surface area contributed by atoms with Gasteiger partial charge in [0.15, 0.2) is 11.1 Å². The number of nitrogens with zero attached hydrogens (tertiary/aromatic N) is 2. The number of carbonyl (C=O) groups excluding carboxylic acids is 3. The molecule has 0 spiro atoms.